The number of hydrogen-bond donors (Lipinski definition) is 1. The van der Waals surface area contributed by atoms with Gasteiger partial charge in [0.15, 0.2) is 0 Å². The molecule has 17 heavy (non-hydrogen) atoms. The van der Waals surface area contributed by atoms with Gasteiger partial charge in [-0.2, -0.15) is 0 Å². The first-order valence-corrected chi connectivity index (χ1v) is 6.71. The highest BCUT2D eigenvalue weighted by molar-refractivity contribution is 6.30. The zero-order valence-corrected chi connectivity index (χ0v) is 11.3. The van der Waals surface area contributed by atoms with Crippen LogP contribution in [0.15, 0.2) is 18.2 Å². The smallest absolute Gasteiger partial charge is 0.125 e. The Kier molecular flexibility index (Phi) is 4.30. The molecule has 1 unspecified atom stereocenters. The van der Waals surface area contributed by atoms with Crippen molar-refractivity contribution in [1.82, 2.24) is 5.32 Å². The summed E-state index contributed by atoms with van der Waals surface area (Å²) in [5.74, 6) is 1.66. The topological polar surface area (TPSA) is 21.3 Å². The lowest BCUT2D eigenvalue weighted by atomic mass is 10.0. The summed E-state index contributed by atoms with van der Waals surface area (Å²) in [4.78, 5) is 0. The molecule has 1 aromatic carbocycles. The van der Waals surface area contributed by atoms with Crippen molar-refractivity contribution >= 4 is 11.6 Å². The SMILES string of the molecule is CCCNC(c1ccc(Cl)cc1OC)C1CC1. The molecule has 3 heteroatoms. The van der Waals surface area contributed by atoms with Crippen LogP contribution in [0, 0.1) is 5.92 Å². The Morgan fingerprint density at radius 3 is 2.82 bits per heavy atom. The van der Waals surface area contributed by atoms with Crippen molar-refractivity contribution in [1.29, 1.82) is 0 Å². The van der Waals surface area contributed by atoms with Crippen molar-refractivity contribution in [2.75, 3.05) is 13.7 Å². The number of benzene rings is 1. The average Bonchev–Trinajstić information content (AvgIpc) is 3.15. The van der Waals surface area contributed by atoms with Gasteiger partial charge in [-0.3, -0.25) is 0 Å². The van der Waals surface area contributed by atoms with Gasteiger partial charge in [-0.25, -0.2) is 0 Å². The van der Waals surface area contributed by atoms with E-state index in [1.54, 1.807) is 7.11 Å². The number of rotatable bonds is 6. The quantitative estimate of drug-likeness (QED) is 0.833. The lowest BCUT2D eigenvalue weighted by molar-refractivity contribution is 0.391. The van der Waals surface area contributed by atoms with Crippen molar-refractivity contribution in [3.05, 3.63) is 28.8 Å². The molecule has 0 aliphatic heterocycles. The second-order valence-electron chi connectivity index (χ2n) is 4.66. The van der Waals surface area contributed by atoms with Gasteiger partial charge in [0, 0.05) is 16.6 Å². The van der Waals surface area contributed by atoms with E-state index in [1.165, 1.54) is 18.4 Å². The van der Waals surface area contributed by atoms with E-state index in [2.05, 4.69) is 18.3 Å². The predicted molar refractivity (Wildman–Crippen MR) is 71.8 cm³/mol. The first-order valence-electron chi connectivity index (χ1n) is 6.33. The Bertz CT molecular complexity index is 376. The first kappa shape index (κ1) is 12.7. The number of ether oxygens (including phenoxy) is 1. The Morgan fingerprint density at radius 1 is 1.47 bits per heavy atom. The van der Waals surface area contributed by atoms with E-state index in [1.807, 2.05) is 12.1 Å². The van der Waals surface area contributed by atoms with Crippen molar-refractivity contribution in [3.8, 4) is 5.75 Å². The standard InChI is InChI=1S/C14H20ClNO/c1-3-8-16-14(10-4-5-10)12-7-6-11(15)9-13(12)17-2/h6-7,9-10,14,16H,3-5,8H2,1-2H3. The highest BCUT2D eigenvalue weighted by Crippen LogP contribution is 2.44. The zero-order valence-electron chi connectivity index (χ0n) is 10.5. The van der Waals surface area contributed by atoms with Crippen LogP contribution in [0.3, 0.4) is 0 Å². The largest absolute Gasteiger partial charge is 0.496 e. The third-order valence-corrected chi connectivity index (χ3v) is 3.47. The molecule has 0 heterocycles. The number of hydrogen-bond acceptors (Lipinski definition) is 2. The lowest BCUT2D eigenvalue weighted by Crippen LogP contribution is -2.24. The summed E-state index contributed by atoms with van der Waals surface area (Å²) in [6.07, 6.45) is 3.78. The fourth-order valence-corrected chi connectivity index (χ4v) is 2.36. The predicted octanol–water partition coefficient (Wildman–Crippen LogP) is 3.80. The van der Waals surface area contributed by atoms with Crippen molar-refractivity contribution in [2.45, 2.75) is 32.2 Å². The molecular weight excluding hydrogens is 234 g/mol. The minimum atomic E-state index is 0.419. The summed E-state index contributed by atoms with van der Waals surface area (Å²) in [6.45, 7) is 3.24. The van der Waals surface area contributed by atoms with Crippen molar-refractivity contribution < 1.29 is 4.74 Å². The summed E-state index contributed by atoms with van der Waals surface area (Å²) in [6, 6.07) is 6.36. The Labute approximate surface area is 108 Å². The van der Waals surface area contributed by atoms with Gasteiger partial charge in [0.25, 0.3) is 0 Å². The lowest BCUT2D eigenvalue weighted by Gasteiger charge is -2.21. The summed E-state index contributed by atoms with van der Waals surface area (Å²) in [5.41, 5.74) is 1.24. The molecule has 94 valence electrons. The van der Waals surface area contributed by atoms with Crippen LogP contribution in [0.4, 0.5) is 0 Å². The van der Waals surface area contributed by atoms with Gasteiger partial charge in [-0.1, -0.05) is 24.6 Å². The monoisotopic (exact) mass is 253 g/mol. The highest BCUT2D eigenvalue weighted by atomic mass is 35.5. The maximum atomic E-state index is 6.00. The van der Waals surface area contributed by atoms with Crippen LogP contribution in [0.2, 0.25) is 5.02 Å². The molecule has 2 nitrogen and oxygen atoms in total. The van der Waals surface area contributed by atoms with Gasteiger partial charge in [-0.05, 0) is 43.9 Å². The fraction of sp³-hybridized carbons (Fsp3) is 0.571. The minimum Gasteiger partial charge on any atom is -0.496 e. The molecule has 1 aliphatic rings. The maximum Gasteiger partial charge on any atom is 0.125 e. The van der Waals surface area contributed by atoms with Gasteiger partial charge in [-0.15, -0.1) is 0 Å². The molecule has 0 radical (unpaired) electrons. The molecule has 0 aromatic heterocycles. The van der Waals surface area contributed by atoms with Gasteiger partial charge >= 0.3 is 0 Å². The molecule has 0 bridgehead atoms. The van der Waals surface area contributed by atoms with E-state index in [4.69, 9.17) is 16.3 Å². The number of methoxy groups -OCH3 is 1. The van der Waals surface area contributed by atoms with Crippen LogP contribution in [0.5, 0.6) is 5.75 Å². The molecule has 1 fully saturated rings. The first-order chi connectivity index (χ1) is 8.26. The summed E-state index contributed by atoms with van der Waals surface area (Å²) >= 11 is 6.00. The Hall–Kier alpha value is -0.730. The van der Waals surface area contributed by atoms with E-state index in [-0.39, 0.29) is 0 Å². The van der Waals surface area contributed by atoms with Gasteiger partial charge < -0.3 is 10.1 Å². The number of nitrogens with one attached hydrogen (secondary N) is 1. The molecule has 1 aliphatic carbocycles. The molecule has 1 atom stereocenters. The second-order valence-corrected chi connectivity index (χ2v) is 5.09. The summed E-state index contributed by atoms with van der Waals surface area (Å²) in [7, 11) is 1.71. The molecular formula is C14H20ClNO. The maximum absolute atomic E-state index is 6.00. The fourth-order valence-electron chi connectivity index (χ4n) is 2.20. The van der Waals surface area contributed by atoms with Crippen LogP contribution < -0.4 is 10.1 Å². The summed E-state index contributed by atoms with van der Waals surface area (Å²) in [5, 5.41) is 4.35. The molecule has 1 aromatic rings. The number of halogens is 1. The van der Waals surface area contributed by atoms with Crippen LogP contribution in [-0.4, -0.2) is 13.7 Å². The van der Waals surface area contributed by atoms with Crippen molar-refractivity contribution in [2.24, 2.45) is 5.92 Å². The van der Waals surface area contributed by atoms with Crippen molar-refractivity contribution in [3.63, 3.8) is 0 Å². The van der Waals surface area contributed by atoms with Crippen LogP contribution in [0.1, 0.15) is 37.8 Å². The van der Waals surface area contributed by atoms with Crippen LogP contribution >= 0.6 is 11.6 Å². The highest BCUT2D eigenvalue weighted by Gasteiger charge is 2.33. The summed E-state index contributed by atoms with van der Waals surface area (Å²) < 4.78 is 5.44. The van der Waals surface area contributed by atoms with Crippen LogP contribution in [-0.2, 0) is 0 Å². The Morgan fingerprint density at radius 2 is 2.24 bits per heavy atom. The average molecular weight is 254 g/mol. The van der Waals surface area contributed by atoms with Gasteiger partial charge in [0.2, 0.25) is 0 Å². The molecule has 1 N–H and O–H groups in total. The minimum absolute atomic E-state index is 0.419. The van der Waals surface area contributed by atoms with E-state index in [0.29, 0.717) is 6.04 Å². The van der Waals surface area contributed by atoms with E-state index >= 15 is 0 Å². The Balaban J connectivity index is 2.21. The van der Waals surface area contributed by atoms with E-state index < -0.39 is 0 Å². The third-order valence-electron chi connectivity index (χ3n) is 3.24. The van der Waals surface area contributed by atoms with E-state index in [0.717, 1.165) is 29.7 Å². The zero-order chi connectivity index (χ0) is 12.3. The third kappa shape index (κ3) is 3.14. The van der Waals surface area contributed by atoms with Crippen LogP contribution in [0.25, 0.3) is 0 Å². The molecule has 0 spiro atoms. The van der Waals surface area contributed by atoms with Gasteiger partial charge in [0.1, 0.15) is 5.75 Å². The molecule has 2 rings (SSSR count). The molecule has 0 saturated heterocycles. The second kappa shape index (κ2) is 5.74. The normalized spacial score (nSPS) is 16.9. The molecule has 1 saturated carbocycles. The van der Waals surface area contributed by atoms with E-state index in [9.17, 15) is 0 Å². The van der Waals surface area contributed by atoms with Gasteiger partial charge in [0.05, 0.1) is 7.11 Å². The molecule has 0 amide bonds.